The zero-order valence-corrected chi connectivity index (χ0v) is 18.6. The molecule has 9 nitrogen and oxygen atoms in total. The van der Waals surface area contributed by atoms with Crippen LogP contribution in [0.15, 0.2) is 54.7 Å². The SMILES string of the molecule is O=C(COC(=O)c1ccccc1C(=O)c1ccc(Cl)c([N+](=O)[O-])c1)Nc1ncc(Cl)cc1Cl. The minimum absolute atomic E-state index is 0.0297. The summed E-state index contributed by atoms with van der Waals surface area (Å²) in [6, 6.07) is 10.6. The Balaban J connectivity index is 1.75. The lowest BCUT2D eigenvalue weighted by atomic mass is 9.98. The summed E-state index contributed by atoms with van der Waals surface area (Å²) in [6.45, 7) is -0.686. The van der Waals surface area contributed by atoms with E-state index in [4.69, 9.17) is 39.5 Å². The molecule has 0 saturated heterocycles. The molecule has 0 radical (unpaired) electrons. The van der Waals surface area contributed by atoms with Gasteiger partial charge in [-0.3, -0.25) is 19.7 Å². The molecule has 168 valence electrons. The molecule has 1 aromatic heterocycles. The number of amides is 1. The number of nitro benzene ring substituents is 1. The predicted molar refractivity (Wildman–Crippen MR) is 121 cm³/mol. The van der Waals surface area contributed by atoms with E-state index in [0.29, 0.717) is 0 Å². The number of carbonyl (C=O) groups is 3. The van der Waals surface area contributed by atoms with E-state index in [1.54, 1.807) is 0 Å². The number of hydrogen-bond acceptors (Lipinski definition) is 7. The van der Waals surface area contributed by atoms with Crippen LogP contribution in [0.25, 0.3) is 0 Å². The van der Waals surface area contributed by atoms with Crippen molar-refractivity contribution in [3.8, 4) is 0 Å². The zero-order valence-electron chi connectivity index (χ0n) is 16.4. The Morgan fingerprint density at radius 2 is 1.70 bits per heavy atom. The molecule has 0 aliphatic rings. The normalized spacial score (nSPS) is 10.4. The van der Waals surface area contributed by atoms with Gasteiger partial charge in [-0.05, 0) is 24.3 Å². The molecule has 1 amide bonds. The molecular weight excluding hydrogens is 497 g/mol. The van der Waals surface area contributed by atoms with Crippen LogP contribution in [0.4, 0.5) is 11.5 Å². The van der Waals surface area contributed by atoms with Crippen molar-refractivity contribution in [2.75, 3.05) is 11.9 Å². The molecule has 1 N–H and O–H groups in total. The van der Waals surface area contributed by atoms with E-state index < -0.39 is 34.9 Å². The van der Waals surface area contributed by atoms with Crippen LogP contribution in [-0.2, 0) is 9.53 Å². The lowest BCUT2D eigenvalue weighted by Gasteiger charge is -2.10. The van der Waals surface area contributed by atoms with Gasteiger partial charge in [0.2, 0.25) is 0 Å². The van der Waals surface area contributed by atoms with Crippen molar-refractivity contribution in [3.63, 3.8) is 0 Å². The molecular formula is C21H12Cl3N3O6. The molecule has 0 bridgehead atoms. The summed E-state index contributed by atoms with van der Waals surface area (Å²) >= 11 is 17.5. The molecule has 0 spiro atoms. The van der Waals surface area contributed by atoms with Crippen LogP contribution in [-0.4, -0.2) is 34.2 Å². The van der Waals surface area contributed by atoms with Gasteiger partial charge in [-0.25, -0.2) is 9.78 Å². The van der Waals surface area contributed by atoms with E-state index in [-0.39, 0.29) is 37.6 Å². The van der Waals surface area contributed by atoms with Crippen molar-refractivity contribution in [3.05, 3.63) is 96.6 Å². The highest BCUT2D eigenvalue weighted by Crippen LogP contribution is 2.27. The van der Waals surface area contributed by atoms with Crippen molar-refractivity contribution < 1.29 is 24.0 Å². The molecule has 0 atom stereocenters. The topological polar surface area (TPSA) is 128 Å². The summed E-state index contributed by atoms with van der Waals surface area (Å²) in [5, 5.41) is 13.7. The first-order chi connectivity index (χ1) is 15.7. The Morgan fingerprint density at radius 3 is 2.36 bits per heavy atom. The second-order valence-electron chi connectivity index (χ2n) is 6.41. The second-order valence-corrected chi connectivity index (χ2v) is 7.66. The lowest BCUT2D eigenvalue weighted by molar-refractivity contribution is -0.384. The summed E-state index contributed by atoms with van der Waals surface area (Å²) < 4.78 is 5.00. The number of rotatable bonds is 7. The highest BCUT2D eigenvalue weighted by molar-refractivity contribution is 6.36. The molecule has 0 aliphatic heterocycles. The summed E-state index contributed by atoms with van der Waals surface area (Å²) in [7, 11) is 0. The minimum atomic E-state index is -0.951. The molecule has 0 aliphatic carbocycles. The second kappa shape index (κ2) is 10.4. The summed E-state index contributed by atoms with van der Waals surface area (Å²) in [6.07, 6.45) is 1.28. The number of benzene rings is 2. The van der Waals surface area contributed by atoms with E-state index in [2.05, 4.69) is 10.3 Å². The fraction of sp³-hybridized carbons (Fsp3) is 0.0476. The number of ketones is 1. The maximum Gasteiger partial charge on any atom is 0.339 e. The molecule has 0 fully saturated rings. The third kappa shape index (κ3) is 5.83. The molecule has 1 heterocycles. The number of pyridine rings is 1. The van der Waals surface area contributed by atoms with Crippen LogP contribution in [0, 0.1) is 10.1 Å². The van der Waals surface area contributed by atoms with E-state index in [1.165, 1.54) is 48.7 Å². The van der Waals surface area contributed by atoms with Crippen LogP contribution < -0.4 is 5.32 Å². The van der Waals surface area contributed by atoms with Crippen molar-refractivity contribution in [2.45, 2.75) is 0 Å². The van der Waals surface area contributed by atoms with Crippen LogP contribution in [0.2, 0.25) is 15.1 Å². The van der Waals surface area contributed by atoms with E-state index >= 15 is 0 Å². The summed E-state index contributed by atoms with van der Waals surface area (Å²) in [5.41, 5.74) is -0.696. The maximum absolute atomic E-state index is 12.9. The van der Waals surface area contributed by atoms with E-state index in [0.717, 1.165) is 6.07 Å². The number of aromatic nitrogens is 1. The molecule has 2 aromatic carbocycles. The molecule has 3 rings (SSSR count). The molecule has 33 heavy (non-hydrogen) atoms. The highest BCUT2D eigenvalue weighted by Gasteiger charge is 2.22. The molecule has 12 heteroatoms. The van der Waals surface area contributed by atoms with Crippen molar-refractivity contribution >= 4 is 64.0 Å². The first-order valence-corrected chi connectivity index (χ1v) is 10.2. The average molecular weight is 509 g/mol. The fourth-order valence-electron chi connectivity index (χ4n) is 2.69. The number of nitro groups is 1. The maximum atomic E-state index is 12.9. The number of halogens is 3. The summed E-state index contributed by atoms with van der Waals surface area (Å²) in [5.74, 6) is -2.31. The van der Waals surface area contributed by atoms with Crippen molar-refractivity contribution in [2.24, 2.45) is 0 Å². The zero-order chi connectivity index (χ0) is 24.1. The standard InChI is InChI=1S/C21H12Cl3N3O6/c22-12-8-16(24)20(25-9-12)26-18(28)10-33-21(30)14-4-2-1-3-13(14)19(29)11-5-6-15(23)17(7-11)27(31)32/h1-9H,10H2,(H,25,26,28). The highest BCUT2D eigenvalue weighted by atomic mass is 35.5. The van der Waals surface area contributed by atoms with Crippen LogP contribution in [0.1, 0.15) is 26.3 Å². The Bertz CT molecular complexity index is 1280. The van der Waals surface area contributed by atoms with Gasteiger partial charge < -0.3 is 10.1 Å². The fourth-order valence-corrected chi connectivity index (χ4v) is 3.31. The van der Waals surface area contributed by atoms with Crippen molar-refractivity contribution in [1.29, 1.82) is 0 Å². The minimum Gasteiger partial charge on any atom is -0.452 e. The third-order valence-corrected chi connectivity index (χ3v) is 5.01. The van der Waals surface area contributed by atoms with Crippen LogP contribution in [0.3, 0.4) is 0 Å². The Kier molecular flexibility index (Phi) is 7.59. The lowest BCUT2D eigenvalue weighted by Crippen LogP contribution is -2.22. The molecule has 0 unspecified atom stereocenters. The molecule has 0 saturated carbocycles. The quantitative estimate of drug-likeness (QED) is 0.206. The summed E-state index contributed by atoms with van der Waals surface area (Å²) in [4.78, 5) is 51.8. The van der Waals surface area contributed by atoms with Crippen LogP contribution >= 0.6 is 34.8 Å². The van der Waals surface area contributed by atoms with Crippen LogP contribution in [0.5, 0.6) is 0 Å². The van der Waals surface area contributed by atoms with Gasteiger partial charge in [0.05, 0.1) is 20.5 Å². The Hall–Kier alpha value is -3.53. The average Bonchev–Trinajstić information content (AvgIpc) is 2.79. The number of hydrogen-bond donors (Lipinski definition) is 1. The Labute approximate surface area is 201 Å². The largest absolute Gasteiger partial charge is 0.452 e. The monoisotopic (exact) mass is 507 g/mol. The number of carbonyl (C=O) groups excluding carboxylic acids is 3. The van der Waals surface area contributed by atoms with E-state index in [1.807, 2.05) is 0 Å². The van der Waals surface area contributed by atoms with E-state index in [9.17, 15) is 24.5 Å². The van der Waals surface area contributed by atoms with Gasteiger partial charge in [-0.2, -0.15) is 0 Å². The number of esters is 1. The van der Waals surface area contributed by atoms with Gasteiger partial charge in [0.25, 0.3) is 11.6 Å². The van der Waals surface area contributed by atoms with Gasteiger partial charge in [0, 0.05) is 23.4 Å². The van der Waals surface area contributed by atoms with Gasteiger partial charge >= 0.3 is 5.97 Å². The first kappa shape index (κ1) is 24.1. The molecule has 3 aromatic rings. The van der Waals surface area contributed by atoms with Gasteiger partial charge in [-0.1, -0.05) is 53.0 Å². The number of anilines is 1. The number of nitrogens with zero attached hydrogens (tertiary/aromatic N) is 2. The van der Waals surface area contributed by atoms with Crippen molar-refractivity contribution in [1.82, 2.24) is 4.98 Å². The number of nitrogens with one attached hydrogen (secondary N) is 1. The van der Waals surface area contributed by atoms with Gasteiger partial charge in [0.15, 0.2) is 18.2 Å². The first-order valence-electron chi connectivity index (χ1n) is 9.03. The third-order valence-electron chi connectivity index (χ3n) is 4.20. The van der Waals surface area contributed by atoms with Gasteiger partial charge in [-0.15, -0.1) is 0 Å². The smallest absolute Gasteiger partial charge is 0.339 e. The predicted octanol–water partition coefficient (Wildman–Crippen LogP) is 4.98. The number of ether oxygens (including phenoxy) is 1. The Morgan fingerprint density at radius 1 is 1.00 bits per heavy atom. The van der Waals surface area contributed by atoms with Gasteiger partial charge in [0.1, 0.15) is 5.02 Å².